The van der Waals surface area contributed by atoms with Gasteiger partial charge in [0.25, 0.3) is 0 Å². The van der Waals surface area contributed by atoms with Gasteiger partial charge in [0.1, 0.15) is 5.82 Å². The predicted octanol–water partition coefficient (Wildman–Crippen LogP) is 0.0732. The Morgan fingerprint density at radius 1 is 1.35 bits per heavy atom. The Bertz CT molecular complexity index is 503. The summed E-state index contributed by atoms with van der Waals surface area (Å²) in [7, 11) is -3.17. The highest BCUT2D eigenvalue weighted by molar-refractivity contribution is 7.91. The van der Waals surface area contributed by atoms with Crippen LogP contribution in [0.25, 0.3) is 0 Å². The third kappa shape index (κ3) is 3.02. The Hall–Kier alpha value is -0.980. The van der Waals surface area contributed by atoms with Crippen molar-refractivity contribution in [1.82, 2.24) is 5.32 Å². The molecule has 94 valence electrons. The van der Waals surface area contributed by atoms with Crippen molar-refractivity contribution in [2.45, 2.75) is 18.7 Å². The van der Waals surface area contributed by atoms with Crippen molar-refractivity contribution in [3.05, 3.63) is 35.6 Å². The van der Waals surface area contributed by atoms with Gasteiger partial charge in [0.15, 0.2) is 9.84 Å². The Balaban J connectivity index is 1.98. The minimum Gasteiger partial charge on any atom is -0.390 e. The van der Waals surface area contributed by atoms with E-state index in [0.717, 1.165) is 0 Å². The van der Waals surface area contributed by atoms with Crippen molar-refractivity contribution in [2.75, 3.05) is 11.5 Å². The van der Waals surface area contributed by atoms with E-state index in [2.05, 4.69) is 5.32 Å². The van der Waals surface area contributed by atoms with Gasteiger partial charge in [0.05, 0.1) is 17.6 Å². The molecule has 1 aliphatic rings. The number of aliphatic hydroxyl groups is 1. The van der Waals surface area contributed by atoms with Gasteiger partial charge in [-0.25, -0.2) is 12.8 Å². The average molecular weight is 259 g/mol. The van der Waals surface area contributed by atoms with Crippen molar-refractivity contribution < 1.29 is 17.9 Å². The molecule has 2 rings (SSSR count). The van der Waals surface area contributed by atoms with Crippen LogP contribution in [0.3, 0.4) is 0 Å². The number of halogens is 1. The lowest BCUT2D eigenvalue weighted by molar-refractivity contribution is 0.165. The van der Waals surface area contributed by atoms with E-state index in [-0.39, 0.29) is 23.9 Å². The number of benzene rings is 1. The largest absolute Gasteiger partial charge is 0.390 e. The lowest BCUT2D eigenvalue weighted by atomic mass is 10.1. The van der Waals surface area contributed by atoms with Gasteiger partial charge in [-0.1, -0.05) is 18.2 Å². The van der Waals surface area contributed by atoms with E-state index >= 15 is 0 Å². The fraction of sp³-hybridized carbons (Fsp3) is 0.455. The number of nitrogens with one attached hydrogen (secondary N) is 1. The molecular formula is C11H14FNO3S. The average Bonchev–Trinajstić information content (AvgIpc) is 2.51. The standard InChI is InChI=1S/C11H14FNO3S/c12-9-4-2-1-3-8(9)5-13-10-6-17(15,16)7-11(10)14/h1-4,10-11,13-14H,5-7H2/t10-,11-/m1/s1. The fourth-order valence-corrected chi connectivity index (χ4v) is 3.68. The maximum Gasteiger partial charge on any atom is 0.154 e. The molecule has 1 aromatic rings. The van der Waals surface area contributed by atoms with Crippen molar-refractivity contribution in [2.24, 2.45) is 0 Å². The Morgan fingerprint density at radius 2 is 2.06 bits per heavy atom. The van der Waals surface area contributed by atoms with E-state index in [0.29, 0.717) is 5.56 Å². The molecule has 2 N–H and O–H groups in total. The molecule has 0 spiro atoms. The molecule has 0 bridgehead atoms. The van der Waals surface area contributed by atoms with Crippen LogP contribution >= 0.6 is 0 Å². The van der Waals surface area contributed by atoms with E-state index in [4.69, 9.17) is 0 Å². The van der Waals surface area contributed by atoms with E-state index in [1.54, 1.807) is 18.2 Å². The van der Waals surface area contributed by atoms with Gasteiger partial charge in [-0.15, -0.1) is 0 Å². The summed E-state index contributed by atoms with van der Waals surface area (Å²) in [6, 6.07) is 5.76. The van der Waals surface area contributed by atoms with Gasteiger partial charge in [-0.2, -0.15) is 0 Å². The molecule has 6 heteroatoms. The maximum absolute atomic E-state index is 13.3. The highest BCUT2D eigenvalue weighted by atomic mass is 32.2. The van der Waals surface area contributed by atoms with E-state index in [1.807, 2.05) is 0 Å². The molecule has 0 saturated carbocycles. The predicted molar refractivity (Wildman–Crippen MR) is 61.7 cm³/mol. The van der Waals surface area contributed by atoms with Crippen molar-refractivity contribution in [1.29, 1.82) is 0 Å². The summed E-state index contributed by atoms with van der Waals surface area (Å²) in [5.74, 6) is -0.653. The lowest BCUT2D eigenvalue weighted by Crippen LogP contribution is -2.38. The second-order valence-electron chi connectivity index (χ2n) is 4.22. The van der Waals surface area contributed by atoms with Crippen molar-refractivity contribution >= 4 is 9.84 Å². The topological polar surface area (TPSA) is 66.4 Å². The van der Waals surface area contributed by atoms with Gasteiger partial charge in [-0.05, 0) is 6.07 Å². The highest BCUT2D eigenvalue weighted by Crippen LogP contribution is 2.14. The monoisotopic (exact) mass is 259 g/mol. The SMILES string of the molecule is O=S1(=O)C[C@@H](O)[C@H](NCc2ccccc2F)C1. The molecule has 2 atom stereocenters. The molecule has 1 aliphatic heterocycles. The molecule has 0 aliphatic carbocycles. The number of rotatable bonds is 3. The zero-order valence-corrected chi connectivity index (χ0v) is 9.95. The third-order valence-corrected chi connectivity index (χ3v) is 4.55. The van der Waals surface area contributed by atoms with Gasteiger partial charge >= 0.3 is 0 Å². The molecule has 1 fully saturated rings. The van der Waals surface area contributed by atoms with Crippen LogP contribution < -0.4 is 5.32 Å². The molecule has 0 aromatic heterocycles. The Morgan fingerprint density at radius 3 is 2.65 bits per heavy atom. The molecule has 1 saturated heterocycles. The first kappa shape index (κ1) is 12.5. The summed E-state index contributed by atoms with van der Waals surface area (Å²) in [6.07, 6.45) is -0.910. The number of aliphatic hydroxyl groups excluding tert-OH is 1. The molecule has 0 radical (unpaired) electrons. The number of hydrogen-bond acceptors (Lipinski definition) is 4. The van der Waals surface area contributed by atoms with Gasteiger partial charge in [0.2, 0.25) is 0 Å². The summed E-state index contributed by atoms with van der Waals surface area (Å²) in [6.45, 7) is 0.212. The first-order chi connectivity index (χ1) is 7.98. The minimum absolute atomic E-state index is 0.0946. The van der Waals surface area contributed by atoms with Gasteiger partial charge < -0.3 is 10.4 Å². The quantitative estimate of drug-likeness (QED) is 0.806. The Kier molecular flexibility index (Phi) is 3.46. The Labute approximate surface area is 99.4 Å². The molecule has 0 amide bonds. The highest BCUT2D eigenvalue weighted by Gasteiger charge is 2.35. The van der Waals surface area contributed by atoms with Crippen LogP contribution in [0.15, 0.2) is 24.3 Å². The van der Waals surface area contributed by atoms with E-state index < -0.39 is 22.0 Å². The smallest absolute Gasteiger partial charge is 0.154 e. The number of hydrogen-bond donors (Lipinski definition) is 2. The summed E-state index contributed by atoms with van der Waals surface area (Å²) in [5.41, 5.74) is 0.462. The van der Waals surface area contributed by atoms with Crippen molar-refractivity contribution in [3.8, 4) is 0 Å². The fourth-order valence-electron chi connectivity index (χ4n) is 1.91. The van der Waals surface area contributed by atoms with E-state index in [1.165, 1.54) is 6.07 Å². The maximum atomic E-state index is 13.3. The summed E-state index contributed by atoms with van der Waals surface area (Å²) >= 11 is 0. The lowest BCUT2D eigenvalue weighted by Gasteiger charge is -2.14. The van der Waals surface area contributed by atoms with Gasteiger partial charge in [-0.3, -0.25) is 0 Å². The summed E-state index contributed by atoms with van der Waals surface area (Å²) < 4.78 is 35.8. The molecule has 4 nitrogen and oxygen atoms in total. The van der Waals surface area contributed by atoms with Crippen LogP contribution in [0.2, 0.25) is 0 Å². The second-order valence-corrected chi connectivity index (χ2v) is 6.38. The van der Waals surface area contributed by atoms with Gasteiger partial charge in [0, 0.05) is 18.2 Å². The van der Waals surface area contributed by atoms with Crippen LogP contribution in [0.5, 0.6) is 0 Å². The molecule has 0 unspecified atom stereocenters. The molecule has 1 heterocycles. The molecule has 17 heavy (non-hydrogen) atoms. The first-order valence-corrected chi connectivity index (χ1v) is 7.15. The third-order valence-electron chi connectivity index (χ3n) is 2.84. The second kappa shape index (κ2) is 4.72. The minimum atomic E-state index is -3.17. The molecule has 1 aromatic carbocycles. The zero-order valence-electron chi connectivity index (χ0n) is 9.14. The van der Waals surface area contributed by atoms with E-state index in [9.17, 15) is 17.9 Å². The first-order valence-electron chi connectivity index (χ1n) is 5.33. The van der Waals surface area contributed by atoms with Crippen LogP contribution in [0.4, 0.5) is 4.39 Å². The normalized spacial score (nSPS) is 27.2. The van der Waals surface area contributed by atoms with Crippen LogP contribution in [-0.4, -0.2) is 37.2 Å². The molecular weight excluding hydrogens is 245 g/mol. The van der Waals surface area contributed by atoms with Crippen molar-refractivity contribution in [3.63, 3.8) is 0 Å². The van der Waals surface area contributed by atoms with Crippen LogP contribution in [0, 0.1) is 5.82 Å². The summed E-state index contributed by atoms with van der Waals surface area (Å²) in [5, 5.41) is 12.4. The van der Waals surface area contributed by atoms with Crippen LogP contribution in [-0.2, 0) is 16.4 Å². The zero-order chi connectivity index (χ0) is 12.5. The summed E-state index contributed by atoms with van der Waals surface area (Å²) in [4.78, 5) is 0. The number of sulfone groups is 1. The van der Waals surface area contributed by atoms with Crippen LogP contribution in [0.1, 0.15) is 5.56 Å².